The molecule has 0 amide bonds. The molecule has 1 saturated heterocycles. The van der Waals surface area contributed by atoms with Gasteiger partial charge in [-0.3, -0.25) is 4.90 Å². The molecule has 0 saturated carbocycles. The second-order valence-corrected chi connectivity index (χ2v) is 7.82. The fourth-order valence-corrected chi connectivity index (χ4v) is 3.92. The van der Waals surface area contributed by atoms with Crippen molar-refractivity contribution in [3.8, 4) is 0 Å². The Morgan fingerprint density at radius 1 is 0.893 bits per heavy atom. The normalized spacial score (nSPS) is 16.5. The Bertz CT molecular complexity index is 885. The van der Waals surface area contributed by atoms with Crippen molar-refractivity contribution in [2.75, 3.05) is 31.1 Å². The molecule has 7 heteroatoms. The van der Waals surface area contributed by atoms with E-state index in [1.54, 1.807) is 0 Å². The number of piperazine rings is 1. The molecule has 0 N–H and O–H groups in total. The van der Waals surface area contributed by atoms with Gasteiger partial charge in [-0.1, -0.05) is 41.9 Å². The van der Waals surface area contributed by atoms with E-state index in [1.807, 2.05) is 16.8 Å². The number of para-hydroxylation sites is 1. The number of aromatic nitrogens is 4. The van der Waals surface area contributed by atoms with Gasteiger partial charge in [0.1, 0.15) is 0 Å². The van der Waals surface area contributed by atoms with E-state index < -0.39 is 0 Å². The van der Waals surface area contributed by atoms with Gasteiger partial charge in [0, 0.05) is 36.9 Å². The van der Waals surface area contributed by atoms with Crippen LogP contribution in [0.3, 0.4) is 0 Å². The smallest absolute Gasteiger partial charge is 0.173 e. The highest BCUT2D eigenvalue weighted by atomic mass is 35.5. The van der Waals surface area contributed by atoms with Crippen LogP contribution in [0, 0.1) is 0 Å². The Hall–Kier alpha value is -2.44. The van der Waals surface area contributed by atoms with Gasteiger partial charge in [-0.05, 0) is 54.1 Å². The minimum atomic E-state index is 0.00703. The number of nitrogens with zero attached hydrogens (tertiary/aromatic N) is 6. The van der Waals surface area contributed by atoms with Crippen LogP contribution in [-0.4, -0.2) is 51.3 Å². The predicted molar refractivity (Wildman–Crippen MR) is 112 cm³/mol. The van der Waals surface area contributed by atoms with E-state index in [2.05, 4.69) is 81.6 Å². The molecule has 1 aliphatic heterocycles. The molecule has 0 aliphatic carbocycles. The van der Waals surface area contributed by atoms with E-state index >= 15 is 0 Å². The first kappa shape index (κ1) is 18.9. The summed E-state index contributed by atoms with van der Waals surface area (Å²) in [5.74, 6) is 0.880. The van der Waals surface area contributed by atoms with Crippen molar-refractivity contribution in [2.45, 2.75) is 25.9 Å². The van der Waals surface area contributed by atoms with Gasteiger partial charge in [0.15, 0.2) is 5.82 Å². The van der Waals surface area contributed by atoms with Crippen LogP contribution in [0.5, 0.6) is 0 Å². The fraction of sp³-hybridized carbons (Fsp3) is 0.381. The summed E-state index contributed by atoms with van der Waals surface area (Å²) in [6.07, 6.45) is 0. The average molecular weight is 397 g/mol. The number of tetrazole rings is 1. The molecule has 1 aliphatic rings. The van der Waals surface area contributed by atoms with Gasteiger partial charge in [0.25, 0.3) is 0 Å². The Morgan fingerprint density at radius 3 is 2.21 bits per heavy atom. The summed E-state index contributed by atoms with van der Waals surface area (Å²) in [6.45, 7) is 8.02. The van der Waals surface area contributed by atoms with Crippen molar-refractivity contribution in [1.82, 2.24) is 25.1 Å². The maximum Gasteiger partial charge on any atom is 0.173 e. The fourth-order valence-electron chi connectivity index (χ4n) is 3.79. The summed E-state index contributed by atoms with van der Waals surface area (Å²) in [5, 5.41) is 13.3. The number of benzene rings is 2. The van der Waals surface area contributed by atoms with Crippen LogP contribution in [0.2, 0.25) is 5.02 Å². The molecule has 0 bridgehead atoms. The molecule has 3 aromatic rings. The highest BCUT2D eigenvalue weighted by Gasteiger charge is 2.31. The van der Waals surface area contributed by atoms with Crippen LogP contribution < -0.4 is 4.90 Å². The first-order valence-corrected chi connectivity index (χ1v) is 10.1. The molecule has 1 fully saturated rings. The van der Waals surface area contributed by atoms with Crippen molar-refractivity contribution in [2.24, 2.45) is 0 Å². The maximum atomic E-state index is 6.13. The number of anilines is 1. The number of hydrogen-bond acceptors (Lipinski definition) is 5. The van der Waals surface area contributed by atoms with Gasteiger partial charge >= 0.3 is 0 Å². The second kappa shape index (κ2) is 8.29. The summed E-state index contributed by atoms with van der Waals surface area (Å²) < 4.78 is 1.92. The lowest BCUT2D eigenvalue weighted by molar-refractivity contribution is 0.199. The summed E-state index contributed by atoms with van der Waals surface area (Å²) in [5.41, 5.74) is 2.44. The quantitative estimate of drug-likeness (QED) is 0.656. The zero-order chi connectivity index (χ0) is 19.5. The Labute approximate surface area is 170 Å². The van der Waals surface area contributed by atoms with Crippen LogP contribution in [0.25, 0.3) is 0 Å². The second-order valence-electron chi connectivity index (χ2n) is 7.39. The van der Waals surface area contributed by atoms with E-state index in [0.29, 0.717) is 0 Å². The molecule has 1 atom stereocenters. The van der Waals surface area contributed by atoms with Gasteiger partial charge in [-0.2, -0.15) is 0 Å². The highest BCUT2D eigenvalue weighted by molar-refractivity contribution is 6.30. The molecule has 146 valence electrons. The maximum absolute atomic E-state index is 6.13. The van der Waals surface area contributed by atoms with Crippen molar-refractivity contribution in [1.29, 1.82) is 0 Å². The van der Waals surface area contributed by atoms with E-state index in [-0.39, 0.29) is 12.1 Å². The average Bonchev–Trinajstić information content (AvgIpc) is 3.21. The lowest BCUT2D eigenvalue weighted by Crippen LogP contribution is -2.48. The Kier molecular flexibility index (Phi) is 5.59. The molecule has 1 aromatic heterocycles. The minimum absolute atomic E-state index is 0.00703. The Morgan fingerprint density at radius 2 is 1.57 bits per heavy atom. The summed E-state index contributed by atoms with van der Waals surface area (Å²) in [6, 6.07) is 18.8. The van der Waals surface area contributed by atoms with Gasteiger partial charge < -0.3 is 4.90 Å². The monoisotopic (exact) mass is 396 g/mol. The van der Waals surface area contributed by atoms with Crippen LogP contribution in [0.4, 0.5) is 5.69 Å². The van der Waals surface area contributed by atoms with Gasteiger partial charge in [0.05, 0.1) is 12.1 Å². The lowest BCUT2D eigenvalue weighted by atomic mass is 10.0. The number of halogens is 1. The summed E-state index contributed by atoms with van der Waals surface area (Å²) in [7, 11) is 0. The molecule has 2 aromatic carbocycles. The predicted octanol–water partition coefficient (Wildman–Crippen LogP) is 3.82. The topological polar surface area (TPSA) is 50.1 Å². The Balaban J connectivity index is 1.61. The standard InChI is InChI=1S/C21H25ClN6/c1-16(2)28-21(23-24-25-28)20(17-8-10-18(22)11-9-17)27-14-12-26(13-15-27)19-6-4-3-5-7-19/h3-11,16,20H,12-15H2,1-2H3. The molecular weight excluding hydrogens is 372 g/mol. The molecule has 0 spiro atoms. The third-order valence-corrected chi connectivity index (χ3v) is 5.49. The van der Waals surface area contributed by atoms with Crippen LogP contribution >= 0.6 is 11.6 Å². The molecular formula is C21H25ClN6. The molecule has 0 radical (unpaired) electrons. The van der Waals surface area contributed by atoms with E-state index in [4.69, 9.17) is 11.6 Å². The number of hydrogen-bond donors (Lipinski definition) is 0. The van der Waals surface area contributed by atoms with Gasteiger partial charge in [0.2, 0.25) is 0 Å². The lowest BCUT2D eigenvalue weighted by Gasteiger charge is -2.40. The molecule has 28 heavy (non-hydrogen) atoms. The van der Waals surface area contributed by atoms with Gasteiger partial charge in [-0.15, -0.1) is 5.10 Å². The van der Waals surface area contributed by atoms with Crippen LogP contribution in [0.1, 0.15) is 37.3 Å². The first-order valence-electron chi connectivity index (χ1n) is 9.71. The van der Waals surface area contributed by atoms with Crippen molar-refractivity contribution in [3.05, 3.63) is 71.0 Å². The summed E-state index contributed by atoms with van der Waals surface area (Å²) >= 11 is 6.13. The van der Waals surface area contributed by atoms with Crippen molar-refractivity contribution >= 4 is 17.3 Å². The third kappa shape index (κ3) is 3.88. The van der Waals surface area contributed by atoms with Crippen molar-refractivity contribution in [3.63, 3.8) is 0 Å². The van der Waals surface area contributed by atoms with E-state index in [0.717, 1.165) is 42.6 Å². The highest BCUT2D eigenvalue weighted by Crippen LogP contribution is 2.30. The molecule has 2 heterocycles. The zero-order valence-corrected chi connectivity index (χ0v) is 17.0. The third-order valence-electron chi connectivity index (χ3n) is 5.24. The van der Waals surface area contributed by atoms with E-state index in [9.17, 15) is 0 Å². The zero-order valence-electron chi connectivity index (χ0n) is 16.2. The minimum Gasteiger partial charge on any atom is -0.369 e. The number of rotatable bonds is 5. The van der Waals surface area contributed by atoms with Crippen LogP contribution in [-0.2, 0) is 0 Å². The molecule has 1 unspecified atom stereocenters. The molecule has 6 nitrogen and oxygen atoms in total. The summed E-state index contributed by atoms with van der Waals surface area (Å²) in [4.78, 5) is 4.90. The molecule has 4 rings (SSSR count). The van der Waals surface area contributed by atoms with Crippen LogP contribution in [0.15, 0.2) is 54.6 Å². The van der Waals surface area contributed by atoms with E-state index in [1.165, 1.54) is 5.69 Å². The largest absolute Gasteiger partial charge is 0.369 e. The van der Waals surface area contributed by atoms with Crippen molar-refractivity contribution < 1.29 is 0 Å². The SMILES string of the molecule is CC(C)n1nnnc1C(c1ccc(Cl)cc1)N1CCN(c2ccccc2)CC1. The first-order chi connectivity index (χ1) is 13.6. The van der Waals surface area contributed by atoms with Gasteiger partial charge in [-0.25, -0.2) is 4.68 Å².